The summed E-state index contributed by atoms with van der Waals surface area (Å²) in [4.78, 5) is 12.1. The molecule has 0 atom stereocenters. The number of amides is 1. The zero-order chi connectivity index (χ0) is 19.1. The quantitative estimate of drug-likeness (QED) is 0.545. The molecule has 0 spiro atoms. The fourth-order valence-corrected chi connectivity index (χ4v) is 2.66. The third-order valence-electron chi connectivity index (χ3n) is 4.01. The largest absolute Gasteiger partial charge is 0.489 e. The Labute approximate surface area is 164 Å². The molecule has 1 amide bonds. The molecule has 0 unspecified atom stereocenters. The number of anilines is 1. The van der Waals surface area contributed by atoms with Gasteiger partial charge in [-0.15, -0.1) is 0 Å². The first-order valence-electron chi connectivity index (χ1n) is 8.62. The minimum absolute atomic E-state index is 0.204. The van der Waals surface area contributed by atoms with E-state index in [4.69, 9.17) is 16.3 Å². The average Bonchev–Trinajstić information content (AvgIpc) is 2.69. The van der Waals surface area contributed by atoms with Gasteiger partial charge in [0, 0.05) is 16.8 Å². The van der Waals surface area contributed by atoms with Gasteiger partial charge in [-0.3, -0.25) is 4.79 Å². The lowest BCUT2D eigenvalue weighted by molar-refractivity contribution is -0.111. The van der Waals surface area contributed by atoms with Crippen LogP contribution in [0.25, 0.3) is 6.08 Å². The molecule has 0 bridgehead atoms. The molecule has 0 saturated heterocycles. The highest BCUT2D eigenvalue weighted by atomic mass is 35.5. The van der Waals surface area contributed by atoms with Gasteiger partial charge in [-0.25, -0.2) is 0 Å². The van der Waals surface area contributed by atoms with Crippen molar-refractivity contribution in [2.75, 3.05) is 5.32 Å². The third-order valence-corrected chi connectivity index (χ3v) is 4.25. The van der Waals surface area contributed by atoms with Crippen molar-refractivity contribution in [1.82, 2.24) is 0 Å². The number of ether oxygens (including phenoxy) is 1. The van der Waals surface area contributed by atoms with E-state index in [-0.39, 0.29) is 5.91 Å². The lowest BCUT2D eigenvalue weighted by Crippen LogP contribution is -2.08. The molecule has 1 N–H and O–H groups in total. The second-order valence-electron chi connectivity index (χ2n) is 6.13. The minimum Gasteiger partial charge on any atom is -0.489 e. The number of hydrogen-bond donors (Lipinski definition) is 1. The molecular formula is C23H20ClNO2. The third kappa shape index (κ3) is 5.73. The van der Waals surface area contributed by atoms with E-state index in [9.17, 15) is 4.79 Å². The van der Waals surface area contributed by atoms with Gasteiger partial charge >= 0.3 is 0 Å². The monoisotopic (exact) mass is 377 g/mol. The molecule has 0 aliphatic carbocycles. The summed E-state index contributed by atoms with van der Waals surface area (Å²) in [6.45, 7) is 2.45. The van der Waals surface area contributed by atoms with Crippen LogP contribution >= 0.6 is 11.6 Å². The van der Waals surface area contributed by atoms with Crippen molar-refractivity contribution in [1.29, 1.82) is 0 Å². The number of carbonyl (C=O) groups excluding carboxylic acids is 1. The first-order chi connectivity index (χ1) is 13.1. The summed E-state index contributed by atoms with van der Waals surface area (Å²) in [5, 5.41) is 3.43. The van der Waals surface area contributed by atoms with E-state index in [2.05, 4.69) is 5.32 Å². The van der Waals surface area contributed by atoms with Crippen LogP contribution in [-0.4, -0.2) is 5.91 Å². The van der Waals surface area contributed by atoms with E-state index in [1.165, 1.54) is 6.08 Å². The Bertz CT molecular complexity index is 934. The highest BCUT2D eigenvalue weighted by Gasteiger charge is 2.03. The predicted molar refractivity (Wildman–Crippen MR) is 111 cm³/mol. The average molecular weight is 378 g/mol. The number of rotatable bonds is 6. The van der Waals surface area contributed by atoms with E-state index < -0.39 is 0 Å². The summed E-state index contributed by atoms with van der Waals surface area (Å²) in [7, 11) is 0. The van der Waals surface area contributed by atoms with Gasteiger partial charge in [0.1, 0.15) is 12.4 Å². The van der Waals surface area contributed by atoms with Crippen molar-refractivity contribution in [2.45, 2.75) is 13.5 Å². The van der Waals surface area contributed by atoms with Crippen molar-refractivity contribution in [3.63, 3.8) is 0 Å². The van der Waals surface area contributed by atoms with Crippen molar-refractivity contribution in [2.24, 2.45) is 0 Å². The van der Waals surface area contributed by atoms with Crippen LogP contribution in [0.5, 0.6) is 5.75 Å². The van der Waals surface area contributed by atoms with Gasteiger partial charge in [0.25, 0.3) is 0 Å². The van der Waals surface area contributed by atoms with Gasteiger partial charge in [-0.05, 0) is 54.0 Å². The van der Waals surface area contributed by atoms with Crippen molar-refractivity contribution < 1.29 is 9.53 Å². The molecule has 3 nitrogen and oxygen atoms in total. The van der Waals surface area contributed by atoms with Gasteiger partial charge < -0.3 is 10.1 Å². The van der Waals surface area contributed by atoms with Gasteiger partial charge in [0.15, 0.2) is 0 Å². The summed E-state index contributed by atoms with van der Waals surface area (Å²) in [5.41, 5.74) is 3.71. The molecule has 0 aromatic heterocycles. The van der Waals surface area contributed by atoms with Gasteiger partial charge in [-0.2, -0.15) is 0 Å². The summed E-state index contributed by atoms with van der Waals surface area (Å²) in [6.07, 6.45) is 3.26. The highest BCUT2D eigenvalue weighted by molar-refractivity contribution is 6.31. The van der Waals surface area contributed by atoms with Crippen molar-refractivity contribution in [3.05, 3.63) is 101 Å². The minimum atomic E-state index is -0.204. The Morgan fingerprint density at radius 2 is 1.78 bits per heavy atom. The number of carbonyl (C=O) groups is 1. The first-order valence-corrected chi connectivity index (χ1v) is 9.00. The predicted octanol–water partition coefficient (Wildman–Crippen LogP) is 5.88. The zero-order valence-electron chi connectivity index (χ0n) is 15.0. The molecule has 0 radical (unpaired) electrons. The SMILES string of the molecule is Cc1ccc(Cl)cc1NC(=O)/C=C/c1ccc(OCc2ccccc2)cc1. The Balaban J connectivity index is 1.55. The van der Waals surface area contributed by atoms with Crippen molar-refractivity contribution in [3.8, 4) is 5.75 Å². The van der Waals surface area contributed by atoms with Crippen LogP contribution in [0.1, 0.15) is 16.7 Å². The van der Waals surface area contributed by atoms with Gasteiger partial charge in [-0.1, -0.05) is 60.1 Å². The smallest absolute Gasteiger partial charge is 0.248 e. The Morgan fingerprint density at radius 3 is 2.52 bits per heavy atom. The second-order valence-corrected chi connectivity index (χ2v) is 6.56. The lowest BCUT2D eigenvalue weighted by atomic mass is 10.2. The Hall–Kier alpha value is -3.04. The lowest BCUT2D eigenvalue weighted by Gasteiger charge is -2.07. The molecule has 0 aliphatic rings. The second kappa shape index (κ2) is 9.06. The number of benzene rings is 3. The summed E-state index contributed by atoms with van der Waals surface area (Å²) in [5.74, 6) is 0.583. The first kappa shape index (κ1) is 18.7. The molecule has 4 heteroatoms. The maximum absolute atomic E-state index is 12.1. The number of hydrogen-bond acceptors (Lipinski definition) is 2. The number of aryl methyl sites for hydroxylation is 1. The molecule has 0 heterocycles. The van der Waals surface area contributed by atoms with Gasteiger partial charge in [0.05, 0.1) is 0 Å². The summed E-state index contributed by atoms with van der Waals surface area (Å²) >= 11 is 5.97. The molecule has 3 rings (SSSR count). The van der Waals surface area contributed by atoms with E-state index in [1.807, 2.05) is 67.6 Å². The summed E-state index contributed by atoms with van der Waals surface area (Å²) < 4.78 is 5.76. The number of halogens is 1. The van der Waals surface area contributed by atoms with Crippen LogP contribution < -0.4 is 10.1 Å². The summed E-state index contributed by atoms with van der Waals surface area (Å²) in [6, 6.07) is 23.0. The molecule has 0 aliphatic heterocycles. The molecule has 0 fully saturated rings. The standard InChI is InChI=1S/C23H20ClNO2/c1-17-7-11-20(24)15-22(17)25-23(26)14-10-18-8-12-21(13-9-18)27-16-19-5-3-2-4-6-19/h2-15H,16H2,1H3,(H,25,26)/b14-10+. The highest BCUT2D eigenvalue weighted by Crippen LogP contribution is 2.20. The molecule has 3 aromatic rings. The number of nitrogens with one attached hydrogen (secondary N) is 1. The fourth-order valence-electron chi connectivity index (χ4n) is 2.49. The molecule has 136 valence electrons. The van der Waals surface area contributed by atoms with E-state index in [1.54, 1.807) is 18.2 Å². The van der Waals surface area contributed by atoms with Crippen LogP contribution in [-0.2, 0) is 11.4 Å². The van der Waals surface area contributed by atoms with E-state index in [0.29, 0.717) is 17.3 Å². The van der Waals surface area contributed by atoms with Crippen LogP contribution in [0, 0.1) is 6.92 Å². The van der Waals surface area contributed by atoms with E-state index in [0.717, 1.165) is 22.4 Å². The maximum Gasteiger partial charge on any atom is 0.248 e. The van der Waals surface area contributed by atoms with Crippen LogP contribution in [0.3, 0.4) is 0 Å². The Kier molecular flexibility index (Phi) is 6.29. The van der Waals surface area contributed by atoms with Crippen LogP contribution in [0.15, 0.2) is 78.9 Å². The normalized spacial score (nSPS) is 10.7. The van der Waals surface area contributed by atoms with Crippen LogP contribution in [0.2, 0.25) is 5.02 Å². The molecular weight excluding hydrogens is 358 g/mol. The van der Waals surface area contributed by atoms with Crippen LogP contribution in [0.4, 0.5) is 5.69 Å². The maximum atomic E-state index is 12.1. The van der Waals surface area contributed by atoms with E-state index >= 15 is 0 Å². The molecule has 0 saturated carbocycles. The topological polar surface area (TPSA) is 38.3 Å². The molecule has 27 heavy (non-hydrogen) atoms. The fraction of sp³-hybridized carbons (Fsp3) is 0.0870. The van der Waals surface area contributed by atoms with Crippen molar-refractivity contribution >= 4 is 29.3 Å². The van der Waals surface area contributed by atoms with Gasteiger partial charge in [0.2, 0.25) is 5.91 Å². The zero-order valence-corrected chi connectivity index (χ0v) is 15.7. The Morgan fingerprint density at radius 1 is 1.04 bits per heavy atom. The molecule has 3 aromatic carbocycles.